The first-order valence-electron chi connectivity index (χ1n) is 6.20. The average molecular weight is 291 g/mol. The van der Waals surface area contributed by atoms with Crippen molar-refractivity contribution < 1.29 is 14.3 Å². The Bertz CT molecular complexity index is 581. The van der Waals surface area contributed by atoms with E-state index in [1.807, 2.05) is 35.9 Å². The number of benzene rings is 1. The number of methoxy groups -OCH3 is 2. The van der Waals surface area contributed by atoms with E-state index in [0.29, 0.717) is 5.56 Å². The van der Waals surface area contributed by atoms with Gasteiger partial charge in [0.05, 0.1) is 25.8 Å². The quantitative estimate of drug-likeness (QED) is 0.920. The predicted molar refractivity (Wildman–Crippen MR) is 79.7 cm³/mol. The van der Waals surface area contributed by atoms with E-state index in [4.69, 9.17) is 9.47 Å². The lowest BCUT2D eigenvalue weighted by Gasteiger charge is -2.18. The molecule has 0 aliphatic carbocycles. The molecule has 1 aromatic heterocycles. The summed E-state index contributed by atoms with van der Waals surface area (Å²) in [5.41, 5.74) is 1.55. The van der Waals surface area contributed by atoms with Crippen molar-refractivity contribution in [2.75, 3.05) is 14.2 Å². The van der Waals surface area contributed by atoms with Crippen molar-refractivity contribution in [3.63, 3.8) is 0 Å². The Hall–Kier alpha value is -2.01. The summed E-state index contributed by atoms with van der Waals surface area (Å²) in [5.74, 6) is 1.37. The summed E-state index contributed by atoms with van der Waals surface area (Å²) in [4.78, 5) is 12.1. The number of thiophene rings is 1. The summed E-state index contributed by atoms with van der Waals surface area (Å²) < 4.78 is 10.5. The third-order valence-electron chi connectivity index (χ3n) is 3.03. The van der Waals surface area contributed by atoms with Crippen LogP contribution in [0.25, 0.3) is 0 Å². The third kappa shape index (κ3) is 3.11. The Balaban J connectivity index is 2.19. The van der Waals surface area contributed by atoms with E-state index >= 15 is 0 Å². The number of rotatable bonds is 5. The molecule has 106 valence electrons. The van der Waals surface area contributed by atoms with E-state index in [2.05, 4.69) is 5.32 Å². The fraction of sp³-hybridized carbons (Fsp3) is 0.267. The van der Waals surface area contributed by atoms with Crippen LogP contribution in [0.3, 0.4) is 0 Å². The summed E-state index contributed by atoms with van der Waals surface area (Å²) in [7, 11) is 3.22. The molecule has 0 saturated heterocycles. The maximum absolute atomic E-state index is 12.1. The van der Waals surface area contributed by atoms with Gasteiger partial charge in [0, 0.05) is 10.9 Å². The normalized spacial score (nSPS) is 11.8. The number of carbonyl (C=O) groups excluding carboxylic acids is 1. The van der Waals surface area contributed by atoms with Crippen LogP contribution in [0.5, 0.6) is 11.5 Å². The minimum absolute atomic E-state index is 0.0939. The van der Waals surface area contributed by atoms with Crippen molar-refractivity contribution in [2.24, 2.45) is 0 Å². The zero-order chi connectivity index (χ0) is 14.5. The minimum atomic E-state index is -0.174. The van der Waals surface area contributed by atoms with E-state index in [9.17, 15) is 4.79 Å². The third-order valence-corrected chi connectivity index (χ3v) is 3.72. The lowest BCUT2D eigenvalue weighted by Crippen LogP contribution is -2.26. The summed E-state index contributed by atoms with van der Waals surface area (Å²) in [5, 5.41) is 6.66. The van der Waals surface area contributed by atoms with Crippen molar-refractivity contribution in [1.29, 1.82) is 0 Å². The smallest absolute Gasteiger partial charge is 0.252 e. The van der Waals surface area contributed by atoms with Crippen LogP contribution in [0.1, 0.15) is 28.9 Å². The second kappa shape index (κ2) is 6.43. The highest BCUT2D eigenvalue weighted by Crippen LogP contribution is 2.29. The summed E-state index contributed by atoms with van der Waals surface area (Å²) >= 11 is 1.50. The first kappa shape index (κ1) is 14.4. The second-order valence-corrected chi connectivity index (χ2v) is 5.10. The Morgan fingerprint density at radius 2 is 2.05 bits per heavy atom. The topological polar surface area (TPSA) is 47.6 Å². The number of hydrogen-bond acceptors (Lipinski definition) is 4. The van der Waals surface area contributed by atoms with Crippen LogP contribution >= 0.6 is 11.3 Å². The maximum Gasteiger partial charge on any atom is 0.252 e. The average Bonchev–Trinajstić information content (AvgIpc) is 3.00. The van der Waals surface area contributed by atoms with Crippen molar-refractivity contribution in [2.45, 2.75) is 13.0 Å². The van der Waals surface area contributed by atoms with Gasteiger partial charge in [0.1, 0.15) is 11.5 Å². The molecular formula is C15H17NO3S. The van der Waals surface area contributed by atoms with Gasteiger partial charge in [0.15, 0.2) is 0 Å². The van der Waals surface area contributed by atoms with Crippen LogP contribution in [-0.4, -0.2) is 20.1 Å². The molecule has 20 heavy (non-hydrogen) atoms. The highest BCUT2D eigenvalue weighted by molar-refractivity contribution is 7.08. The largest absolute Gasteiger partial charge is 0.497 e. The molecule has 0 bridgehead atoms. The van der Waals surface area contributed by atoms with E-state index < -0.39 is 0 Å². The van der Waals surface area contributed by atoms with Gasteiger partial charge in [0.25, 0.3) is 5.91 Å². The zero-order valence-corrected chi connectivity index (χ0v) is 12.5. The molecule has 1 aromatic carbocycles. The first-order chi connectivity index (χ1) is 9.65. The van der Waals surface area contributed by atoms with Gasteiger partial charge in [-0.15, -0.1) is 0 Å². The van der Waals surface area contributed by atoms with Gasteiger partial charge >= 0.3 is 0 Å². The molecule has 1 N–H and O–H groups in total. The van der Waals surface area contributed by atoms with Crippen LogP contribution in [0.15, 0.2) is 35.0 Å². The Kier molecular flexibility index (Phi) is 4.63. The highest BCUT2D eigenvalue weighted by atomic mass is 32.1. The number of amides is 1. The van der Waals surface area contributed by atoms with Crippen LogP contribution in [0.2, 0.25) is 0 Å². The van der Waals surface area contributed by atoms with E-state index in [1.54, 1.807) is 20.3 Å². The molecule has 2 rings (SSSR count). The van der Waals surface area contributed by atoms with Gasteiger partial charge in [-0.2, -0.15) is 11.3 Å². The lowest BCUT2D eigenvalue weighted by molar-refractivity contribution is 0.0940. The van der Waals surface area contributed by atoms with E-state index in [1.165, 1.54) is 11.3 Å². The molecule has 0 spiro atoms. The van der Waals surface area contributed by atoms with Gasteiger partial charge in [-0.05, 0) is 36.6 Å². The number of nitrogens with one attached hydrogen (secondary N) is 1. The van der Waals surface area contributed by atoms with Crippen LogP contribution < -0.4 is 14.8 Å². The molecular weight excluding hydrogens is 274 g/mol. The Morgan fingerprint density at radius 3 is 2.65 bits per heavy atom. The van der Waals surface area contributed by atoms with Crippen molar-refractivity contribution in [3.8, 4) is 11.5 Å². The molecule has 0 aliphatic heterocycles. The Morgan fingerprint density at radius 1 is 1.25 bits per heavy atom. The molecule has 1 heterocycles. The first-order valence-corrected chi connectivity index (χ1v) is 7.15. The molecule has 0 radical (unpaired) electrons. The molecule has 0 fully saturated rings. The van der Waals surface area contributed by atoms with Crippen LogP contribution in [-0.2, 0) is 0 Å². The molecule has 1 amide bonds. The molecule has 4 nitrogen and oxygen atoms in total. The number of carbonyl (C=O) groups is 1. The van der Waals surface area contributed by atoms with Crippen LogP contribution in [0.4, 0.5) is 0 Å². The fourth-order valence-corrected chi connectivity index (χ4v) is 2.57. The van der Waals surface area contributed by atoms with Crippen molar-refractivity contribution in [1.82, 2.24) is 5.32 Å². The SMILES string of the molecule is COc1ccc(OC)c([C@H](C)NC(=O)c2ccsc2)c1. The van der Waals surface area contributed by atoms with Gasteiger partial charge < -0.3 is 14.8 Å². The molecule has 0 unspecified atom stereocenters. The van der Waals surface area contributed by atoms with Gasteiger partial charge in [-0.1, -0.05) is 0 Å². The monoisotopic (exact) mass is 291 g/mol. The lowest BCUT2D eigenvalue weighted by atomic mass is 10.1. The zero-order valence-electron chi connectivity index (χ0n) is 11.7. The predicted octanol–water partition coefficient (Wildman–Crippen LogP) is 3.26. The van der Waals surface area contributed by atoms with E-state index in [0.717, 1.165) is 17.1 Å². The summed E-state index contributed by atoms with van der Waals surface area (Å²) in [6.45, 7) is 1.92. The molecule has 2 aromatic rings. The minimum Gasteiger partial charge on any atom is -0.497 e. The standard InChI is InChI=1S/C15H17NO3S/c1-10(16-15(17)11-6-7-20-9-11)13-8-12(18-2)4-5-14(13)19-3/h4-10H,1-3H3,(H,16,17)/t10-/m0/s1. The number of ether oxygens (including phenoxy) is 2. The number of hydrogen-bond donors (Lipinski definition) is 1. The summed E-state index contributed by atoms with van der Waals surface area (Å²) in [6, 6.07) is 7.16. The van der Waals surface area contributed by atoms with Gasteiger partial charge in [0.2, 0.25) is 0 Å². The van der Waals surface area contributed by atoms with Crippen molar-refractivity contribution in [3.05, 3.63) is 46.2 Å². The Labute approximate surface area is 122 Å². The highest BCUT2D eigenvalue weighted by Gasteiger charge is 2.16. The van der Waals surface area contributed by atoms with Crippen molar-refractivity contribution >= 4 is 17.2 Å². The molecule has 1 atom stereocenters. The maximum atomic E-state index is 12.1. The molecule has 0 aliphatic rings. The summed E-state index contributed by atoms with van der Waals surface area (Å²) in [6.07, 6.45) is 0. The van der Waals surface area contributed by atoms with Gasteiger partial charge in [-0.3, -0.25) is 4.79 Å². The fourth-order valence-electron chi connectivity index (χ4n) is 1.93. The van der Waals surface area contributed by atoms with Crippen LogP contribution in [0, 0.1) is 0 Å². The molecule has 0 saturated carbocycles. The van der Waals surface area contributed by atoms with E-state index in [-0.39, 0.29) is 11.9 Å². The van der Waals surface area contributed by atoms with Gasteiger partial charge in [-0.25, -0.2) is 0 Å². The molecule has 5 heteroatoms. The second-order valence-electron chi connectivity index (χ2n) is 4.32.